The lowest BCUT2D eigenvalue weighted by molar-refractivity contribution is 0.198. The molecule has 0 radical (unpaired) electrons. The van der Waals surface area contributed by atoms with Crippen molar-refractivity contribution in [3.63, 3.8) is 0 Å². The van der Waals surface area contributed by atoms with Crippen molar-refractivity contribution in [2.45, 2.75) is 19.6 Å². The number of benzene rings is 2. The van der Waals surface area contributed by atoms with Crippen LogP contribution < -0.4 is 4.74 Å². The van der Waals surface area contributed by atoms with Crippen molar-refractivity contribution in [1.29, 1.82) is 0 Å². The van der Waals surface area contributed by atoms with Crippen LogP contribution in [0.3, 0.4) is 0 Å². The molecule has 0 saturated heterocycles. The van der Waals surface area contributed by atoms with Crippen molar-refractivity contribution < 1.29 is 9.84 Å². The smallest absolute Gasteiger partial charge is 0.120 e. The molecule has 0 aliphatic heterocycles. The predicted molar refractivity (Wildman–Crippen MR) is 83.2 cm³/mol. The van der Waals surface area contributed by atoms with E-state index in [2.05, 4.69) is 4.98 Å². The van der Waals surface area contributed by atoms with Crippen molar-refractivity contribution in [3.8, 4) is 5.75 Å². The van der Waals surface area contributed by atoms with Gasteiger partial charge in [0.2, 0.25) is 0 Å². The molecule has 2 aromatic carbocycles. The Morgan fingerprint density at radius 3 is 2.76 bits per heavy atom. The highest BCUT2D eigenvalue weighted by molar-refractivity contribution is 5.81. The molecule has 1 N–H and O–H groups in total. The molecule has 3 aromatic rings. The molecule has 0 saturated carbocycles. The van der Waals surface area contributed by atoms with Gasteiger partial charge in [0.05, 0.1) is 11.6 Å². The molecule has 1 heterocycles. The first-order valence-electron chi connectivity index (χ1n) is 6.97. The second kappa shape index (κ2) is 5.94. The molecule has 3 nitrogen and oxygen atoms in total. The summed E-state index contributed by atoms with van der Waals surface area (Å²) in [6, 6.07) is 17.6. The van der Waals surface area contributed by atoms with E-state index in [-0.39, 0.29) is 0 Å². The van der Waals surface area contributed by atoms with Crippen LogP contribution in [0.2, 0.25) is 0 Å². The van der Waals surface area contributed by atoms with E-state index in [0.29, 0.717) is 6.61 Å². The van der Waals surface area contributed by atoms with Crippen LogP contribution in [-0.2, 0) is 6.61 Å². The van der Waals surface area contributed by atoms with Crippen LogP contribution in [0.15, 0.2) is 60.8 Å². The number of ether oxygens (including phenoxy) is 1. The fraction of sp³-hybridized carbons (Fsp3) is 0.167. The third kappa shape index (κ3) is 3.03. The minimum absolute atomic E-state index is 0.456. The van der Waals surface area contributed by atoms with Gasteiger partial charge in [-0.05, 0) is 30.7 Å². The van der Waals surface area contributed by atoms with Gasteiger partial charge in [-0.15, -0.1) is 0 Å². The highest BCUT2D eigenvalue weighted by Gasteiger charge is 2.05. The zero-order valence-electron chi connectivity index (χ0n) is 11.9. The summed E-state index contributed by atoms with van der Waals surface area (Å²) in [5.74, 6) is 0.751. The van der Waals surface area contributed by atoms with E-state index in [1.165, 1.54) is 0 Å². The normalized spacial score (nSPS) is 12.3. The first kappa shape index (κ1) is 13.6. The van der Waals surface area contributed by atoms with Crippen LogP contribution in [0.5, 0.6) is 5.75 Å². The summed E-state index contributed by atoms with van der Waals surface area (Å²) in [6.45, 7) is 2.20. The molecule has 0 bridgehead atoms. The summed E-state index contributed by atoms with van der Waals surface area (Å²) in [4.78, 5) is 4.42. The van der Waals surface area contributed by atoms with Crippen LogP contribution in [0.4, 0.5) is 0 Å². The fourth-order valence-electron chi connectivity index (χ4n) is 2.31. The Balaban J connectivity index is 1.82. The lowest BCUT2D eigenvalue weighted by Gasteiger charge is -2.10. The Labute approximate surface area is 123 Å². The molecule has 21 heavy (non-hydrogen) atoms. The molecule has 3 rings (SSSR count). The van der Waals surface area contributed by atoms with Crippen molar-refractivity contribution in [2.75, 3.05) is 0 Å². The van der Waals surface area contributed by atoms with Crippen molar-refractivity contribution in [2.24, 2.45) is 0 Å². The number of aromatic nitrogens is 1. The Morgan fingerprint density at radius 2 is 1.90 bits per heavy atom. The van der Waals surface area contributed by atoms with Gasteiger partial charge < -0.3 is 9.84 Å². The standard InChI is InChI=1S/C18H17NO2/c1-13(20)15-6-3-9-17(11-15)21-12-16-7-2-5-14-8-4-10-19-18(14)16/h2-11,13,20H,12H2,1H3. The van der Waals surface area contributed by atoms with Gasteiger partial charge in [-0.25, -0.2) is 0 Å². The lowest BCUT2D eigenvalue weighted by atomic mass is 10.1. The number of pyridine rings is 1. The number of para-hydroxylation sites is 1. The van der Waals surface area contributed by atoms with E-state index in [1.54, 1.807) is 13.1 Å². The Morgan fingerprint density at radius 1 is 1.10 bits per heavy atom. The molecule has 1 atom stereocenters. The van der Waals surface area contributed by atoms with Crippen molar-refractivity contribution in [3.05, 3.63) is 71.9 Å². The van der Waals surface area contributed by atoms with E-state index >= 15 is 0 Å². The second-order valence-corrected chi connectivity index (χ2v) is 5.03. The number of rotatable bonds is 4. The Hall–Kier alpha value is -2.39. The lowest BCUT2D eigenvalue weighted by Crippen LogP contribution is -1.98. The van der Waals surface area contributed by atoms with Gasteiger partial charge in [-0.2, -0.15) is 0 Å². The van der Waals surface area contributed by atoms with E-state index in [9.17, 15) is 5.11 Å². The van der Waals surface area contributed by atoms with Gasteiger partial charge in [0, 0.05) is 17.1 Å². The highest BCUT2D eigenvalue weighted by atomic mass is 16.5. The summed E-state index contributed by atoms with van der Waals surface area (Å²) < 4.78 is 5.84. The summed E-state index contributed by atoms with van der Waals surface area (Å²) in [5.41, 5.74) is 2.87. The first-order chi connectivity index (χ1) is 10.2. The molecule has 0 aliphatic rings. The average Bonchev–Trinajstić information content (AvgIpc) is 2.53. The molecular formula is C18H17NO2. The summed E-state index contributed by atoms with van der Waals surface area (Å²) in [6.07, 6.45) is 1.30. The minimum atomic E-state index is -0.493. The van der Waals surface area contributed by atoms with Gasteiger partial charge in [-0.1, -0.05) is 36.4 Å². The number of fused-ring (bicyclic) bond motifs is 1. The van der Waals surface area contributed by atoms with Gasteiger partial charge in [0.15, 0.2) is 0 Å². The van der Waals surface area contributed by atoms with E-state index in [4.69, 9.17) is 4.74 Å². The molecule has 0 fully saturated rings. The number of aliphatic hydroxyl groups is 1. The molecule has 1 unspecified atom stereocenters. The monoisotopic (exact) mass is 279 g/mol. The molecule has 0 aliphatic carbocycles. The maximum Gasteiger partial charge on any atom is 0.120 e. The fourth-order valence-corrected chi connectivity index (χ4v) is 2.31. The summed E-state index contributed by atoms with van der Waals surface area (Å²) in [5, 5.41) is 10.7. The molecule has 1 aromatic heterocycles. The Bertz CT molecular complexity index is 748. The van der Waals surface area contributed by atoms with E-state index in [0.717, 1.165) is 27.8 Å². The number of hydrogen-bond donors (Lipinski definition) is 1. The predicted octanol–water partition coefficient (Wildman–Crippen LogP) is 3.87. The van der Waals surface area contributed by atoms with Crippen molar-refractivity contribution in [1.82, 2.24) is 4.98 Å². The Kier molecular flexibility index (Phi) is 3.84. The van der Waals surface area contributed by atoms with Gasteiger partial charge in [-0.3, -0.25) is 4.98 Å². The zero-order valence-corrected chi connectivity index (χ0v) is 11.9. The van der Waals surface area contributed by atoms with Gasteiger partial charge >= 0.3 is 0 Å². The molecular weight excluding hydrogens is 262 g/mol. The first-order valence-corrected chi connectivity index (χ1v) is 6.97. The highest BCUT2D eigenvalue weighted by Crippen LogP contribution is 2.21. The van der Waals surface area contributed by atoms with E-state index in [1.807, 2.05) is 54.6 Å². The van der Waals surface area contributed by atoms with Crippen LogP contribution in [0, 0.1) is 0 Å². The molecule has 0 spiro atoms. The van der Waals surface area contributed by atoms with Crippen LogP contribution in [0.1, 0.15) is 24.2 Å². The largest absolute Gasteiger partial charge is 0.489 e. The second-order valence-electron chi connectivity index (χ2n) is 5.03. The van der Waals surface area contributed by atoms with E-state index < -0.39 is 6.10 Å². The van der Waals surface area contributed by atoms with Gasteiger partial charge in [0.25, 0.3) is 0 Å². The third-order valence-electron chi connectivity index (χ3n) is 3.45. The zero-order chi connectivity index (χ0) is 14.7. The minimum Gasteiger partial charge on any atom is -0.489 e. The molecule has 3 heteroatoms. The van der Waals surface area contributed by atoms with Crippen molar-refractivity contribution >= 4 is 10.9 Å². The summed E-state index contributed by atoms with van der Waals surface area (Å²) >= 11 is 0. The van der Waals surface area contributed by atoms with Gasteiger partial charge in [0.1, 0.15) is 12.4 Å². The number of hydrogen-bond acceptors (Lipinski definition) is 3. The van der Waals surface area contributed by atoms with Crippen LogP contribution in [-0.4, -0.2) is 10.1 Å². The number of aliphatic hydroxyl groups excluding tert-OH is 1. The quantitative estimate of drug-likeness (QED) is 0.788. The SMILES string of the molecule is CC(O)c1cccc(OCc2cccc3cccnc23)c1. The maximum absolute atomic E-state index is 9.61. The molecule has 0 amide bonds. The summed E-state index contributed by atoms with van der Waals surface area (Å²) in [7, 11) is 0. The number of nitrogens with zero attached hydrogens (tertiary/aromatic N) is 1. The molecule has 106 valence electrons. The van der Waals surface area contributed by atoms with Crippen LogP contribution >= 0.6 is 0 Å². The maximum atomic E-state index is 9.61. The topological polar surface area (TPSA) is 42.4 Å². The average molecular weight is 279 g/mol. The van der Waals surface area contributed by atoms with Crippen LogP contribution in [0.25, 0.3) is 10.9 Å². The third-order valence-corrected chi connectivity index (χ3v) is 3.45.